The molecule has 2 heterocycles. The SMILES string of the molecule is CC(Sc1nnc(-c2ccco2)n1CCC(N)=O)C(=O)NC1CCCC1. The molecule has 1 saturated carbocycles. The van der Waals surface area contributed by atoms with Crippen molar-refractivity contribution in [3.05, 3.63) is 18.4 Å². The van der Waals surface area contributed by atoms with Gasteiger partial charge >= 0.3 is 0 Å². The van der Waals surface area contributed by atoms with Crippen LogP contribution in [0.15, 0.2) is 28.0 Å². The van der Waals surface area contributed by atoms with Crippen molar-refractivity contribution in [1.82, 2.24) is 20.1 Å². The highest BCUT2D eigenvalue weighted by molar-refractivity contribution is 8.00. The first-order valence-electron chi connectivity index (χ1n) is 8.77. The molecule has 0 spiro atoms. The Labute approximate surface area is 155 Å². The lowest BCUT2D eigenvalue weighted by atomic mass is 10.2. The van der Waals surface area contributed by atoms with E-state index in [0.29, 0.717) is 23.3 Å². The second kappa shape index (κ2) is 8.39. The molecule has 26 heavy (non-hydrogen) atoms. The molecule has 1 aliphatic carbocycles. The number of furan rings is 1. The summed E-state index contributed by atoms with van der Waals surface area (Å²) >= 11 is 1.31. The van der Waals surface area contributed by atoms with E-state index in [1.165, 1.54) is 24.6 Å². The number of amides is 2. The molecule has 2 amide bonds. The average molecular weight is 377 g/mol. The second-order valence-corrected chi connectivity index (χ2v) is 7.71. The number of nitrogens with two attached hydrogens (primary N) is 1. The smallest absolute Gasteiger partial charge is 0.233 e. The predicted octanol–water partition coefficient (Wildman–Crippen LogP) is 1.95. The van der Waals surface area contributed by atoms with Crippen LogP contribution in [0, 0.1) is 0 Å². The summed E-state index contributed by atoms with van der Waals surface area (Å²) in [4.78, 5) is 23.6. The molecule has 0 radical (unpaired) electrons. The lowest BCUT2D eigenvalue weighted by molar-refractivity contribution is -0.121. The van der Waals surface area contributed by atoms with Gasteiger partial charge in [0, 0.05) is 19.0 Å². The largest absolute Gasteiger partial charge is 0.461 e. The third-order valence-electron chi connectivity index (χ3n) is 4.39. The molecule has 0 bridgehead atoms. The van der Waals surface area contributed by atoms with E-state index in [0.717, 1.165) is 12.8 Å². The molecule has 0 saturated heterocycles. The minimum absolute atomic E-state index is 0.00843. The van der Waals surface area contributed by atoms with E-state index < -0.39 is 5.91 Å². The first-order chi connectivity index (χ1) is 12.5. The summed E-state index contributed by atoms with van der Waals surface area (Å²) in [5.41, 5.74) is 5.28. The van der Waals surface area contributed by atoms with Gasteiger partial charge in [-0.1, -0.05) is 24.6 Å². The number of hydrogen-bond acceptors (Lipinski definition) is 6. The van der Waals surface area contributed by atoms with E-state index in [-0.39, 0.29) is 23.6 Å². The highest BCUT2D eigenvalue weighted by atomic mass is 32.2. The van der Waals surface area contributed by atoms with Gasteiger partial charge in [0.1, 0.15) is 0 Å². The van der Waals surface area contributed by atoms with Gasteiger partial charge in [0.25, 0.3) is 0 Å². The quantitative estimate of drug-likeness (QED) is 0.679. The Morgan fingerprint density at radius 2 is 2.19 bits per heavy atom. The molecule has 3 rings (SSSR count). The van der Waals surface area contributed by atoms with Gasteiger partial charge in [0.15, 0.2) is 16.7 Å². The predicted molar refractivity (Wildman–Crippen MR) is 97.3 cm³/mol. The molecule has 1 unspecified atom stereocenters. The maximum atomic E-state index is 12.4. The van der Waals surface area contributed by atoms with Crippen LogP contribution in [0.3, 0.4) is 0 Å². The fraction of sp³-hybridized carbons (Fsp3) is 0.529. The van der Waals surface area contributed by atoms with Crippen LogP contribution in [-0.4, -0.2) is 37.9 Å². The van der Waals surface area contributed by atoms with Crippen molar-refractivity contribution in [2.45, 2.75) is 62.0 Å². The van der Waals surface area contributed by atoms with Crippen LogP contribution in [0.25, 0.3) is 11.6 Å². The summed E-state index contributed by atoms with van der Waals surface area (Å²) in [7, 11) is 0. The van der Waals surface area contributed by atoms with Crippen molar-refractivity contribution in [1.29, 1.82) is 0 Å². The first kappa shape index (κ1) is 18.5. The minimum Gasteiger partial charge on any atom is -0.461 e. The Hall–Kier alpha value is -2.29. The number of primary amides is 1. The van der Waals surface area contributed by atoms with Gasteiger partial charge in [-0.15, -0.1) is 10.2 Å². The Balaban J connectivity index is 1.73. The fourth-order valence-electron chi connectivity index (χ4n) is 2.99. The topological polar surface area (TPSA) is 116 Å². The van der Waals surface area contributed by atoms with Crippen LogP contribution >= 0.6 is 11.8 Å². The third-order valence-corrected chi connectivity index (χ3v) is 5.47. The number of thioether (sulfide) groups is 1. The van der Waals surface area contributed by atoms with Crippen molar-refractivity contribution < 1.29 is 14.0 Å². The summed E-state index contributed by atoms with van der Waals surface area (Å²) in [6, 6.07) is 3.81. The second-order valence-electron chi connectivity index (χ2n) is 6.40. The Kier molecular flexibility index (Phi) is 5.97. The molecule has 1 atom stereocenters. The molecular formula is C17H23N5O3S. The molecule has 9 heteroatoms. The standard InChI is InChI=1S/C17H23N5O3S/c1-11(16(24)19-12-5-2-3-6-12)26-17-21-20-15(13-7-4-10-25-13)22(17)9-8-14(18)23/h4,7,10-12H,2-3,5-6,8-9H2,1H3,(H2,18,23)(H,19,24). The summed E-state index contributed by atoms with van der Waals surface area (Å²) in [5, 5.41) is 11.7. The number of carbonyl (C=O) groups excluding carboxylic acids is 2. The van der Waals surface area contributed by atoms with Gasteiger partial charge in [0.05, 0.1) is 11.5 Å². The van der Waals surface area contributed by atoms with Gasteiger partial charge in [0.2, 0.25) is 11.8 Å². The van der Waals surface area contributed by atoms with E-state index >= 15 is 0 Å². The fourth-order valence-corrected chi connectivity index (χ4v) is 3.87. The summed E-state index contributed by atoms with van der Waals surface area (Å²) < 4.78 is 7.16. The average Bonchev–Trinajstić information content (AvgIpc) is 3.34. The van der Waals surface area contributed by atoms with Crippen molar-refractivity contribution in [3.8, 4) is 11.6 Å². The normalized spacial score (nSPS) is 15.9. The highest BCUT2D eigenvalue weighted by Crippen LogP contribution is 2.28. The van der Waals surface area contributed by atoms with Gasteiger partial charge in [-0.05, 0) is 31.9 Å². The van der Waals surface area contributed by atoms with Crippen LogP contribution < -0.4 is 11.1 Å². The lowest BCUT2D eigenvalue weighted by Crippen LogP contribution is -2.37. The van der Waals surface area contributed by atoms with Crippen molar-refractivity contribution in [2.24, 2.45) is 5.73 Å². The zero-order valence-corrected chi connectivity index (χ0v) is 15.5. The number of rotatable bonds is 8. The third kappa shape index (κ3) is 4.46. The van der Waals surface area contributed by atoms with E-state index in [9.17, 15) is 9.59 Å². The first-order valence-corrected chi connectivity index (χ1v) is 9.65. The molecule has 2 aromatic heterocycles. The van der Waals surface area contributed by atoms with Gasteiger partial charge in [-0.3, -0.25) is 14.2 Å². The molecule has 0 aliphatic heterocycles. The van der Waals surface area contributed by atoms with Gasteiger partial charge < -0.3 is 15.5 Å². The summed E-state index contributed by atoms with van der Waals surface area (Å²) in [5.74, 6) is 0.650. The maximum absolute atomic E-state index is 12.4. The molecular weight excluding hydrogens is 354 g/mol. The van der Waals surface area contributed by atoms with Crippen molar-refractivity contribution >= 4 is 23.6 Å². The lowest BCUT2D eigenvalue weighted by Gasteiger charge is -2.16. The number of nitrogens with one attached hydrogen (secondary N) is 1. The molecule has 1 aliphatic rings. The molecule has 8 nitrogen and oxygen atoms in total. The number of aromatic nitrogens is 3. The van der Waals surface area contributed by atoms with E-state index in [1.54, 1.807) is 23.0 Å². The molecule has 0 aromatic carbocycles. The summed E-state index contributed by atoms with van der Waals surface area (Å²) in [6.07, 6.45) is 6.12. The van der Waals surface area contributed by atoms with Crippen LogP contribution in [-0.2, 0) is 16.1 Å². The van der Waals surface area contributed by atoms with E-state index in [2.05, 4.69) is 15.5 Å². The van der Waals surface area contributed by atoms with Crippen LogP contribution in [0.5, 0.6) is 0 Å². The molecule has 2 aromatic rings. The highest BCUT2D eigenvalue weighted by Gasteiger charge is 2.24. The van der Waals surface area contributed by atoms with Gasteiger partial charge in [-0.25, -0.2) is 0 Å². The zero-order valence-electron chi connectivity index (χ0n) is 14.7. The van der Waals surface area contributed by atoms with Crippen LogP contribution in [0.4, 0.5) is 0 Å². The van der Waals surface area contributed by atoms with Crippen molar-refractivity contribution in [3.63, 3.8) is 0 Å². The van der Waals surface area contributed by atoms with Crippen LogP contribution in [0.1, 0.15) is 39.0 Å². The minimum atomic E-state index is -0.410. The van der Waals surface area contributed by atoms with Crippen LogP contribution in [0.2, 0.25) is 0 Å². The Bertz CT molecular complexity index is 753. The molecule has 140 valence electrons. The summed E-state index contributed by atoms with van der Waals surface area (Å²) in [6.45, 7) is 2.17. The monoisotopic (exact) mass is 377 g/mol. The van der Waals surface area contributed by atoms with Gasteiger partial charge in [-0.2, -0.15) is 0 Å². The van der Waals surface area contributed by atoms with Crippen molar-refractivity contribution in [2.75, 3.05) is 0 Å². The molecule has 3 N–H and O–H groups in total. The Morgan fingerprint density at radius 1 is 1.42 bits per heavy atom. The van der Waals surface area contributed by atoms with E-state index in [1.807, 2.05) is 6.92 Å². The number of nitrogens with zero attached hydrogens (tertiary/aromatic N) is 3. The zero-order chi connectivity index (χ0) is 18.5. The Morgan fingerprint density at radius 3 is 2.85 bits per heavy atom. The maximum Gasteiger partial charge on any atom is 0.233 e. The molecule has 1 fully saturated rings. The number of carbonyl (C=O) groups is 2. The number of hydrogen-bond donors (Lipinski definition) is 2. The van der Waals surface area contributed by atoms with E-state index in [4.69, 9.17) is 10.2 Å².